The summed E-state index contributed by atoms with van der Waals surface area (Å²) in [5, 5.41) is 0. The molecule has 0 amide bonds. The first kappa shape index (κ1) is 7.74. The lowest BCUT2D eigenvalue weighted by molar-refractivity contribution is 0.865. The lowest BCUT2D eigenvalue weighted by Crippen LogP contribution is -1.86. The highest BCUT2D eigenvalue weighted by atomic mass is 14.8. The average molecular weight is 146 g/mol. The van der Waals surface area contributed by atoms with E-state index in [1.165, 1.54) is 0 Å². The van der Waals surface area contributed by atoms with E-state index in [1.54, 1.807) is 18.5 Å². The van der Waals surface area contributed by atoms with E-state index < -0.39 is 0 Å². The predicted octanol–water partition coefficient (Wildman–Crippen LogP) is 1.48. The molecule has 0 aliphatic carbocycles. The van der Waals surface area contributed by atoms with Gasteiger partial charge in [0.05, 0.1) is 0 Å². The van der Waals surface area contributed by atoms with Crippen LogP contribution >= 0.6 is 0 Å². The Bertz CT molecular complexity index is 267. The Morgan fingerprint density at radius 2 is 1.91 bits per heavy atom. The monoisotopic (exact) mass is 146 g/mol. The van der Waals surface area contributed by atoms with Crippen molar-refractivity contribution in [3.63, 3.8) is 0 Å². The summed E-state index contributed by atoms with van der Waals surface area (Å²) in [6.45, 7) is 4.08. The summed E-state index contributed by atoms with van der Waals surface area (Å²) >= 11 is 0. The third-order valence-electron chi connectivity index (χ3n) is 1.04. The van der Waals surface area contributed by atoms with Crippen molar-refractivity contribution in [2.45, 2.75) is 13.8 Å². The Balaban J connectivity index is 2.75. The van der Waals surface area contributed by atoms with Crippen LogP contribution in [0.1, 0.15) is 19.7 Å². The van der Waals surface area contributed by atoms with Gasteiger partial charge in [-0.05, 0) is 12.0 Å². The molecule has 1 heterocycles. The van der Waals surface area contributed by atoms with Crippen molar-refractivity contribution in [3.8, 4) is 11.8 Å². The Labute approximate surface area is 66.7 Å². The van der Waals surface area contributed by atoms with Crippen LogP contribution < -0.4 is 0 Å². The smallest absolute Gasteiger partial charge is 0.204 e. The number of hydrogen-bond acceptors (Lipinski definition) is 2. The molecule has 0 saturated carbocycles. The maximum atomic E-state index is 3.97. The maximum Gasteiger partial charge on any atom is 0.204 e. The van der Waals surface area contributed by atoms with Crippen LogP contribution in [0.3, 0.4) is 0 Å². The zero-order valence-corrected chi connectivity index (χ0v) is 6.70. The van der Waals surface area contributed by atoms with E-state index in [0.717, 1.165) is 0 Å². The van der Waals surface area contributed by atoms with Crippen LogP contribution in [0.15, 0.2) is 18.5 Å². The van der Waals surface area contributed by atoms with Crippen LogP contribution in [0.5, 0.6) is 0 Å². The van der Waals surface area contributed by atoms with E-state index >= 15 is 0 Å². The third kappa shape index (κ3) is 2.81. The van der Waals surface area contributed by atoms with Crippen LogP contribution in [0.25, 0.3) is 0 Å². The van der Waals surface area contributed by atoms with Crippen molar-refractivity contribution in [1.82, 2.24) is 9.97 Å². The second-order valence-corrected chi connectivity index (χ2v) is 2.50. The Morgan fingerprint density at radius 1 is 1.27 bits per heavy atom. The summed E-state index contributed by atoms with van der Waals surface area (Å²) in [6, 6.07) is 1.78. The summed E-state index contributed by atoms with van der Waals surface area (Å²) < 4.78 is 0. The molecule has 0 fully saturated rings. The van der Waals surface area contributed by atoms with Gasteiger partial charge in [-0.1, -0.05) is 19.8 Å². The first-order valence-electron chi connectivity index (χ1n) is 3.57. The fraction of sp³-hybridized carbons (Fsp3) is 0.333. The average Bonchev–Trinajstić information content (AvgIpc) is 2.03. The molecule has 1 aromatic heterocycles. The second kappa shape index (κ2) is 3.72. The van der Waals surface area contributed by atoms with Gasteiger partial charge in [-0.3, -0.25) is 0 Å². The highest BCUT2D eigenvalue weighted by molar-refractivity contribution is 5.20. The van der Waals surface area contributed by atoms with E-state index in [1.807, 2.05) is 13.8 Å². The second-order valence-electron chi connectivity index (χ2n) is 2.50. The number of hydrogen-bond donors (Lipinski definition) is 0. The molecule has 0 atom stereocenters. The summed E-state index contributed by atoms with van der Waals surface area (Å²) in [7, 11) is 0. The van der Waals surface area contributed by atoms with Crippen molar-refractivity contribution < 1.29 is 0 Å². The molecular formula is C9H10N2. The standard InChI is InChI=1S/C9H10N2/c1-8(2)4-5-9-10-6-3-7-11-9/h3,6-8H,1-2H3. The molecule has 0 saturated heterocycles. The SMILES string of the molecule is CC(C)C#Cc1ncccn1. The minimum atomic E-state index is 0.374. The first-order valence-corrected chi connectivity index (χ1v) is 3.57. The first-order chi connectivity index (χ1) is 5.29. The molecule has 0 radical (unpaired) electrons. The fourth-order valence-corrected chi connectivity index (χ4v) is 0.573. The Morgan fingerprint density at radius 3 is 2.45 bits per heavy atom. The maximum absolute atomic E-state index is 3.97. The van der Waals surface area contributed by atoms with Crippen molar-refractivity contribution in [3.05, 3.63) is 24.3 Å². The summed E-state index contributed by atoms with van der Waals surface area (Å²) in [5.41, 5.74) is 0. The van der Waals surface area contributed by atoms with Crippen LogP contribution in [0, 0.1) is 17.8 Å². The molecule has 1 aromatic rings. The molecule has 0 aliphatic rings. The molecule has 0 spiro atoms. The van der Waals surface area contributed by atoms with Gasteiger partial charge in [0.15, 0.2) is 0 Å². The highest BCUT2D eigenvalue weighted by Gasteiger charge is 1.85. The van der Waals surface area contributed by atoms with Crippen LogP contribution in [0.4, 0.5) is 0 Å². The predicted molar refractivity (Wildman–Crippen MR) is 43.7 cm³/mol. The quantitative estimate of drug-likeness (QED) is 0.518. The molecule has 0 N–H and O–H groups in total. The minimum absolute atomic E-state index is 0.374. The van der Waals surface area contributed by atoms with E-state index in [2.05, 4.69) is 21.8 Å². The normalized spacial score (nSPS) is 9.00. The molecule has 0 aliphatic heterocycles. The zero-order valence-electron chi connectivity index (χ0n) is 6.70. The van der Waals surface area contributed by atoms with E-state index in [-0.39, 0.29) is 0 Å². The molecule has 2 heteroatoms. The van der Waals surface area contributed by atoms with Gasteiger partial charge in [-0.2, -0.15) is 0 Å². The third-order valence-corrected chi connectivity index (χ3v) is 1.04. The van der Waals surface area contributed by atoms with Gasteiger partial charge in [0.25, 0.3) is 0 Å². The largest absolute Gasteiger partial charge is 0.229 e. The molecule has 2 nitrogen and oxygen atoms in total. The molecule has 0 aromatic carbocycles. The zero-order chi connectivity index (χ0) is 8.10. The van der Waals surface area contributed by atoms with Crippen molar-refractivity contribution in [2.75, 3.05) is 0 Å². The lowest BCUT2D eigenvalue weighted by Gasteiger charge is -1.87. The van der Waals surface area contributed by atoms with Gasteiger partial charge in [-0.15, -0.1) is 0 Å². The van der Waals surface area contributed by atoms with Crippen molar-refractivity contribution in [1.29, 1.82) is 0 Å². The lowest BCUT2D eigenvalue weighted by atomic mass is 10.2. The van der Waals surface area contributed by atoms with Gasteiger partial charge in [-0.25, -0.2) is 9.97 Å². The highest BCUT2D eigenvalue weighted by Crippen LogP contribution is 1.88. The number of rotatable bonds is 0. The summed E-state index contributed by atoms with van der Waals surface area (Å²) in [6.07, 6.45) is 3.38. The molecular weight excluding hydrogens is 136 g/mol. The molecule has 1 rings (SSSR count). The molecule has 56 valence electrons. The fourth-order valence-electron chi connectivity index (χ4n) is 0.573. The molecule has 11 heavy (non-hydrogen) atoms. The molecule has 0 bridgehead atoms. The van der Waals surface area contributed by atoms with Gasteiger partial charge in [0.1, 0.15) is 0 Å². The van der Waals surface area contributed by atoms with E-state index in [4.69, 9.17) is 0 Å². The topological polar surface area (TPSA) is 25.8 Å². The van der Waals surface area contributed by atoms with Crippen LogP contribution in [-0.2, 0) is 0 Å². The van der Waals surface area contributed by atoms with E-state index in [9.17, 15) is 0 Å². The Kier molecular flexibility index (Phi) is 2.62. The summed E-state index contributed by atoms with van der Waals surface area (Å²) in [4.78, 5) is 7.93. The van der Waals surface area contributed by atoms with Gasteiger partial charge in [0.2, 0.25) is 5.82 Å². The number of aromatic nitrogens is 2. The van der Waals surface area contributed by atoms with Gasteiger partial charge >= 0.3 is 0 Å². The number of nitrogens with zero attached hydrogens (tertiary/aromatic N) is 2. The molecule has 0 unspecified atom stereocenters. The van der Waals surface area contributed by atoms with Crippen LogP contribution in [0.2, 0.25) is 0 Å². The van der Waals surface area contributed by atoms with Crippen molar-refractivity contribution >= 4 is 0 Å². The van der Waals surface area contributed by atoms with Gasteiger partial charge in [0, 0.05) is 18.3 Å². The van der Waals surface area contributed by atoms with Crippen molar-refractivity contribution in [2.24, 2.45) is 5.92 Å². The minimum Gasteiger partial charge on any atom is -0.229 e. The van der Waals surface area contributed by atoms with Crippen LogP contribution in [-0.4, -0.2) is 9.97 Å². The summed E-state index contributed by atoms with van der Waals surface area (Å²) in [5.74, 6) is 6.83. The Hall–Kier alpha value is -1.36. The van der Waals surface area contributed by atoms with E-state index in [0.29, 0.717) is 11.7 Å². The van der Waals surface area contributed by atoms with Gasteiger partial charge < -0.3 is 0 Å².